The summed E-state index contributed by atoms with van der Waals surface area (Å²) in [6.07, 6.45) is 0.415. The van der Waals surface area contributed by atoms with Crippen LogP contribution >= 0.6 is 0 Å². The number of ether oxygens (including phenoxy) is 2. The Bertz CT molecular complexity index is 596. The number of fused-ring (bicyclic) bond motifs is 1. The summed E-state index contributed by atoms with van der Waals surface area (Å²) < 4.78 is 14.1. The van der Waals surface area contributed by atoms with Crippen molar-refractivity contribution in [1.29, 1.82) is 0 Å². The summed E-state index contributed by atoms with van der Waals surface area (Å²) in [4.78, 5) is 12.4. The Kier molecular flexibility index (Phi) is 2.13. The summed E-state index contributed by atoms with van der Waals surface area (Å²) in [6, 6.07) is 7.90. The van der Waals surface area contributed by atoms with Gasteiger partial charge in [0.2, 0.25) is 0 Å². The van der Waals surface area contributed by atoms with Crippen LogP contribution < -0.4 is 5.69 Å². The van der Waals surface area contributed by atoms with Gasteiger partial charge < -0.3 is 9.47 Å². The third-order valence-electron chi connectivity index (χ3n) is 3.50. The molecular weight excluding hydrogens is 232 g/mol. The molecule has 1 aromatic carbocycles. The third kappa shape index (κ3) is 1.67. The number of hydrogen-bond donors (Lipinski definition) is 0. The Morgan fingerprint density at radius 2 is 1.44 bits per heavy atom. The molecule has 2 atom stereocenters. The predicted molar refractivity (Wildman–Crippen MR) is 65.7 cm³/mol. The van der Waals surface area contributed by atoms with E-state index in [2.05, 4.69) is 0 Å². The number of para-hydroxylation sites is 2. The Morgan fingerprint density at radius 1 is 1.00 bits per heavy atom. The van der Waals surface area contributed by atoms with Gasteiger partial charge >= 0.3 is 5.69 Å². The van der Waals surface area contributed by atoms with E-state index in [0.717, 1.165) is 24.2 Å². The van der Waals surface area contributed by atoms with Crippen molar-refractivity contribution in [1.82, 2.24) is 9.13 Å². The smallest absolute Gasteiger partial charge is 0.329 e. The minimum Gasteiger partial charge on any atom is -0.371 e. The lowest BCUT2D eigenvalue weighted by Crippen LogP contribution is -2.27. The fourth-order valence-corrected chi connectivity index (χ4v) is 2.38. The standard InChI is InChI=1S/C13H14N2O3/c16-13-14(5-9-7-17-9)11-3-1-2-4-12(11)15(13)6-10-8-18-10/h1-4,9-10H,5-8H2/t9-,10-/m0/s1. The highest BCUT2D eigenvalue weighted by Gasteiger charge is 2.28. The first-order valence-electron chi connectivity index (χ1n) is 6.24. The fourth-order valence-electron chi connectivity index (χ4n) is 2.38. The SMILES string of the molecule is O=c1n(C[C@H]2CO2)c2ccccc2n1C[C@H]1CO1. The lowest BCUT2D eigenvalue weighted by atomic mass is 10.3. The monoisotopic (exact) mass is 246 g/mol. The third-order valence-corrected chi connectivity index (χ3v) is 3.50. The van der Waals surface area contributed by atoms with Crippen LogP contribution in [0.3, 0.4) is 0 Å². The number of hydrogen-bond acceptors (Lipinski definition) is 3. The van der Waals surface area contributed by atoms with Crippen molar-refractivity contribution in [3.63, 3.8) is 0 Å². The van der Waals surface area contributed by atoms with Gasteiger partial charge in [0.25, 0.3) is 0 Å². The van der Waals surface area contributed by atoms with Gasteiger partial charge in [-0.25, -0.2) is 4.79 Å². The van der Waals surface area contributed by atoms with Crippen molar-refractivity contribution in [2.45, 2.75) is 25.3 Å². The molecule has 5 heteroatoms. The molecule has 0 amide bonds. The second-order valence-corrected chi connectivity index (χ2v) is 4.90. The van der Waals surface area contributed by atoms with Gasteiger partial charge in [-0.05, 0) is 12.1 Å². The van der Waals surface area contributed by atoms with E-state index in [4.69, 9.17) is 9.47 Å². The Morgan fingerprint density at radius 3 is 1.83 bits per heavy atom. The summed E-state index contributed by atoms with van der Waals surface area (Å²) in [7, 11) is 0. The molecule has 0 bridgehead atoms. The van der Waals surface area contributed by atoms with Gasteiger partial charge in [-0.3, -0.25) is 9.13 Å². The summed E-state index contributed by atoms with van der Waals surface area (Å²) in [6.45, 7) is 2.82. The van der Waals surface area contributed by atoms with Crippen LogP contribution in [-0.4, -0.2) is 34.6 Å². The first-order chi connectivity index (χ1) is 8.83. The van der Waals surface area contributed by atoms with Gasteiger partial charge in [-0.2, -0.15) is 0 Å². The summed E-state index contributed by atoms with van der Waals surface area (Å²) >= 11 is 0. The molecule has 2 aromatic rings. The molecule has 2 aliphatic rings. The molecule has 0 aliphatic carbocycles. The first kappa shape index (κ1) is 10.3. The van der Waals surface area contributed by atoms with E-state index in [1.54, 1.807) is 0 Å². The second kappa shape index (κ2) is 3.70. The van der Waals surface area contributed by atoms with Crippen LogP contribution in [0, 0.1) is 0 Å². The van der Waals surface area contributed by atoms with Gasteiger partial charge in [0, 0.05) is 0 Å². The zero-order chi connectivity index (χ0) is 12.1. The Balaban J connectivity index is 1.86. The van der Waals surface area contributed by atoms with Crippen molar-refractivity contribution in [3.05, 3.63) is 34.7 Å². The topological polar surface area (TPSA) is 52.0 Å². The van der Waals surface area contributed by atoms with E-state index in [1.165, 1.54) is 0 Å². The van der Waals surface area contributed by atoms with Crippen molar-refractivity contribution in [2.24, 2.45) is 0 Å². The van der Waals surface area contributed by atoms with Crippen molar-refractivity contribution >= 4 is 11.0 Å². The van der Waals surface area contributed by atoms with Crippen LogP contribution in [0.25, 0.3) is 11.0 Å². The van der Waals surface area contributed by atoms with Gasteiger partial charge in [0.05, 0.1) is 49.5 Å². The van der Waals surface area contributed by atoms with Gasteiger partial charge in [-0.15, -0.1) is 0 Å². The van der Waals surface area contributed by atoms with Crippen LogP contribution in [0.5, 0.6) is 0 Å². The van der Waals surface area contributed by atoms with Crippen LogP contribution in [-0.2, 0) is 22.6 Å². The largest absolute Gasteiger partial charge is 0.371 e. The first-order valence-corrected chi connectivity index (χ1v) is 6.24. The Hall–Kier alpha value is -1.59. The minimum atomic E-state index is 0.0437. The molecular formula is C13H14N2O3. The lowest BCUT2D eigenvalue weighted by molar-refractivity contribution is 0.372. The van der Waals surface area contributed by atoms with Crippen LogP contribution in [0.4, 0.5) is 0 Å². The normalized spacial score (nSPS) is 25.6. The van der Waals surface area contributed by atoms with E-state index >= 15 is 0 Å². The quantitative estimate of drug-likeness (QED) is 0.742. The zero-order valence-corrected chi connectivity index (χ0v) is 9.91. The summed E-state index contributed by atoms with van der Waals surface area (Å²) in [5.74, 6) is 0. The number of aromatic nitrogens is 2. The molecule has 4 rings (SSSR count). The fraction of sp³-hybridized carbons (Fsp3) is 0.462. The summed E-state index contributed by atoms with van der Waals surface area (Å²) in [5.41, 5.74) is 2.01. The average Bonchev–Trinajstić information content (AvgIpc) is 3.26. The van der Waals surface area contributed by atoms with Gasteiger partial charge in [0.15, 0.2) is 0 Å². The van der Waals surface area contributed by atoms with Crippen molar-refractivity contribution in [2.75, 3.05) is 13.2 Å². The van der Waals surface area contributed by atoms with Crippen LogP contribution in [0.1, 0.15) is 0 Å². The molecule has 3 heterocycles. The highest BCUT2D eigenvalue weighted by Crippen LogP contribution is 2.19. The average molecular weight is 246 g/mol. The van der Waals surface area contributed by atoms with E-state index in [1.807, 2.05) is 33.4 Å². The van der Waals surface area contributed by atoms with Crippen LogP contribution in [0.15, 0.2) is 29.1 Å². The summed E-state index contributed by atoms with van der Waals surface area (Å²) in [5, 5.41) is 0. The van der Waals surface area contributed by atoms with Gasteiger partial charge in [0.1, 0.15) is 0 Å². The second-order valence-electron chi connectivity index (χ2n) is 4.90. The molecule has 0 saturated carbocycles. The van der Waals surface area contributed by atoms with E-state index < -0.39 is 0 Å². The molecule has 2 fully saturated rings. The highest BCUT2D eigenvalue weighted by molar-refractivity contribution is 5.76. The van der Waals surface area contributed by atoms with Crippen molar-refractivity contribution < 1.29 is 9.47 Å². The molecule has 94 valence electrons. The number of rotatable bonds is 4. The predicted octanol–water partition coefficient (Wildman–Crippen LogP) is 0.601. The minimum absolute atomic E-state index is 0.0437. The van der Waals surface area contributed by atoms with Gasteiger partial charge in [-0.1, -0.05) is 12.1 Å². The highest BCUT2D eigenvalue weighted by atomic mass is 16.6. The molecule has 0 unspecified atom stereocenters. The maximum absolute atomic E-state index is 12.4. The number of imidazole rings is 1. The Labute approximate surface area is 104 Å². The molecule has 1 aromatic heterocycles. The van der Waals surface area contributed by atoms with E-state index in [-0.39, 0.29) is 17.9 Å². The number of nitrogens with zero attached hydrogens (tertiary/aromatic N) is 2. The molecule has 2 aliphatic heterocycles. The lowest BCUT2D eigenvalue weighted by Gasteiger charge is -1.98. The number of epoxide rings is 2. The maximum atomic E-state index is 12.4. The van der Waals surface area contributed by atoms with Crippen molar-refractivity contribution in [3.8, 4) is 0 Å². The number of benzene rings is 1. The molecule has 2 saturated heterocycles. The molecule has 0 spiro atoms. The van der Waals surface area contributed by atoms with E-state index in [0.29, 0.717) is 13.1 Å². The molecule has 18 heavy (non-hydrogen) atoms. The molecule has 0 N–H and O–H groups in total. The zero-order valence-electron chi connectivity index (χ0n) is 9.91. The maximum Gasteiger partial charge on any atom is 0.329 e. The molecule has 0 radical (unpaired) electrons. The molecule has 5 nitrogen and oxygen atoms in total. The van der Waals surface area contributed by atoms with E-state index in [9.17, 15) is 4.79 Å². The van der Waals surface area contributed by atoms with Crippen LogP contribution in [0.2, 0.25) is 0 Å².